The molecule has 0 spiro atoms. The Morgan fingerprint density at radius 2 is 1.91 bits per heavy atom. The summed E-state index contributed by atoms with van der Waals surface area (Å²) < 4.78 is 7.68. The van der Waals surface area contributed by atoms with Crippen molar-refractivity contribution < 1.29 is 4.74 Å². The minimum Gasteiger partial charge on any atom is -0.485 e. The Bertz CT molecular complexity index is 750. The smallest absolute Gasteiger partial charge is 0.212 e. The van der Waals surface area contributed by atoms with Crippen molar-refractivity contribution in [3.05, 3.63) is 47.8 Å². The molecule has 0 aliphatic heterocycles. The maximum atomic E-state index is 5.61. The predicted molar refractivity (Wildman–Crippen MR) is 82.7 cm³/mol. The molecule has 120 valence electrons. The van der Waals surface area contributed by atoms with E-state index in [1.807, 2.05) is 37.3 Å². The van der Waals surface area contributed by atoms with Crippen molar-refractivity contribution in [1.82, 2.24) is 35.0 Å². The van der Waals surface area contributed by atoms with Gasteiger partial charge in [-0.3, -0.25) is 0 Å². The molecule has 0 radical (unpaired) electrons. The number of hydrogen-bond donors (Lipinski definition) is 0. The fraction of sp³-hybridized carbons (Fsp3) is 0.400. The van der Waals surface area contributed by atoms with Gasteiger partial charge in [-0.1, -0.05) is 25.1 Å². The lowest BCUT2D eigenvalue weighted by Gasteiger charge is -2.05. The van der Waals surface area contributed by atoms with E-state index in [1.165, 1.54) is 4.80 Å². The van der Waals surface area contributed by atoms with Crippen LogP contribution in [-0.4, -0.2) is 35.0 Å². The zero-order valence-corrected chi connectivity index (χ0v) is 13.3. The zero-order chi connectivity index (χ0) is 16.1. The largest absolute Gasteiger partial charge is 0.485 e. The molecule has 0 aliphatic rings. The molecule has 23 heavy (non-hydrogen) atoms. The Morgan fingerprint density at radius 1 is 1.09 bits per heavy atom. The van der Waals surface area contributed by atoms with Crippen LogP contribution in [-0.2, 0) is 19.7 Å². The Hall–Kier alpha value is -2.77. The average Bonchev–Trinajstić information content (AvgIpc) is 3.16. The van der Waals surface area contributed by atoms with Crippen molar-refractivity contribution in [2.45, 2.75) is 40.0 Å². The summed E-state index contributed by atoms with van der Waals surface area (Å²) in [5.41, 5.74) is 0. The quantitative estimate of drug-likeness (QED) is 0.659. The normalized spacial score (nSPS) is 10.9. The summed E-state index contributed by atoms with van der Waals surface area (Å²) in [6.45, 7) is 5.67. The molecule has 3 aromatic rings. The van der Waals surface area contributed by atoms with Crippen LogP contribution in [0.5, 0.6) is 5.75 Å². The Labute approximate surface area is 134 Å². The number of ether oxygens (including phenoxy) is 1. The lowest BCUT2D eigenvalue weighted by atomic mass is 10.3. The fourth-order valence-corrected chi connectivity index (χ4v) is 2.25. The van der Waals surface area contributed by atoms with Crippen molar-refractivity contribution >= 4 is 0 Å². The maximum absolute atomic E-state index is 5.61. The second-order valence-corrected chi connectivity index (χ2v) is 5.15. The molecular formula is C15H19N7O. The van der Waals surface area contributed by atoms with Crippen LogP contribution in [0.3, 0.4) is 0 Å². The first-order valence-electron chi connectivity index (χ1n) is 7.59. The number of benzene rings is 1. The summed E-state index contributed by atoms with van der Waals surface area (Å²) in [6.07, 6.45) is 1.02. The third-order valence-corrected chi connectivity index (χ3v) is 3.35. The highest BCUT2D eigenvalue weighted by Crippen LogP contribution is 2.10. The topological polar surface area (TPSA) is 83.5 Å². The molecule has 0 aliphatic carbocycles. The molecule has 2 aromatic heterocycles. The monoisotopic (exact) mass is 313 g/mol. The van der Waals surface area contributed by atoms with E-state index in [1.54, 1.807) is 0 Å². The summed E-state index contributed by atoms with van der Waals surface area (Å²) >= 11 is 0. The van der Waals surface area contributed by atoms with Gasteiger partial charge in [0.2, 0.25) is 5.82 Å². The van der Waals surface area contributed by atoms with Gasteiger partial charge < -0.3 is 9.30 Å². The Morgan fingerprint density at radius 3 is 2.70 bits per heavy atom. The van der Waals surface area contributed by atoms with E-state index >= 15 is 0 Å². The minimum atomic E-state index is 0.282. The summed E-state index contributed by atoms with van der Waals surface area (Å²) in [7, 11) is 0. The van der Waals surface area contributed by atoms with Crippen LogP contribution in [0.25, 0.3) is 0 Å². The molecule has 0 bridgehead atoms. The zero-order valence-electron chi connectivity index (χ0n) is 13.3. The molecule has 8 heteroatoms. The van der Waals surface area contributed by atoms with Gasteiger partial charge in [0, 0.05) is 6.54 Å². The Balaban J connectivity index is 1.63. The van der Waals surface area contributed by atoms with Gasteiger partial charge in [-0.2, -0.15) is 4.80 Å². The summed E-state index contributed by atoms with van der Waals surface area (Å²) in [4.78, 5) is 1.51. The van der Waals surface area contributed by atoms with E-state index < -0.39 is 0 Å². The van der Waals surface area contributed by atoms with E-state index in [4.69, 9.17) is 4.74 Å². The van der Waals surface area contributed by atoms with Gasteiger partial charge in [0.15, 0.2) is 12.4 Å². The van der Waals surface area contributed by atoms with Crippen LogP contribution in [0.4, 0.5) is 0 Å². The van der Waals surface area contributed by atoms with Crippen molar-refractivity contribution in [2.75, 3.05) is 0 Å². The molecule has 0 atom stereocenters. The molecule has 3 rings (SSSR count). The number of rotatable bonds is 7. The fourth-order valence-electron chi connectivity index (χ4n) is 2.25. The van der Waals surface area contributed by atoms with Gasteiger partial charge >= 0.3 is 0 Å². The van der Waals surface area contributed by atoms with E-state index in [2.05, 4.69) is 37.1 Å². The molecule has 0 saturated carbocycles. The number of para-hydroxylation sites is 1. The summed E-state index contributed by atoms with van der Waals surface area (Å²) in [5.74, 6) is 3.04. The number of hydrogen-bond acceptors (Lipinski definition) is 6. The van der Waals surface area contributed by atoms with Crippen molar-refractivity contribution in [1.29, 1.82) is 0 Å². The minimum absolute atomic E-state index is 0.282. The molecule has 0 unspecified atom stereocenters. The van der Waals surface area contributed by atoms with E-state index in [0.717, 1.165) is 30.4 Å². The second kappa shape index (κ2) is 6.99. The third kappa shape index (κ3) is 3.71. The van der Waals surface area contributed by atoms with Crippen LogP contribution in [0, 0.1) is 6.92 Å². The van der Waals surface area contributed by atoms with E-state index in [0.29, 0.717) is 12.4 Å². The molecule has 0 fully saturated rings. The van der Waals surface area contributed by atoms with Gasteiger partial charge in [0.1, 0.15) is 18.1 Å². The highest BCUT2D eigenvalue weighted by molar-refractivity contribution is 5.20. The van der Waals surface area contributed by atoms with Crippen LogP contribution < -0.4 is 4.74 Å². The SMILES string of the molecule is CCCn1c(C)nnc1Cn1nnc(COc2ccccc2)n1. The van der Waals surface area contributed by atoms with Gasteiger partial charge in [-0.25, -0.2) is 0 Å². The van der Waals surface area contributed by atoms with Crippen LogP contribution >= 0.6 is 0 Å². The molecule has 1 aromatic carbocycles. The van der Waals surface area contributed by atoms with Gasteiger partial charge in [-0.15, -0.1) is 20.4 Å². The van der Waals surface area contributed by atoms with Crippen molar-refractivity contribution in [3.8, 4) is 5.75 Å². The van der Waals surface area contributed by atoms with E-state index in [-0.39, 0.29) is 6.61 Å². The third-order valence-electron chi connectivity index (χ3n) is 3.35. The Kier molecular flexibility index (Phi) is 4.60. The molecule has 0 saturated heterocycles. The second-order valence-electron chi connectivity index (χ2n) is 5.15. The molecule has 0 N–H and O–H groups in total. The van der Waals surface area contributed by atoms with Gasteiger partial charge in [-0.05, 0) is 30.7 Å². The average molecular weight is 313 g/mol. The molecule has 0 amide bonds. The molecule has 8 nitrogen and oxygen atoms in total. The molecule has 2 heterocycles. The van der Waals surface area contributed by atoms with Crippen LogP contribution in [0.2, 0.25) is 0 Å². The van der Waals surface area contributed by atoms with Crippen LogP contribution in [0.15, 0.2) is 30.3 Å². The number of nitrogens with zero attached hydrogens (tertiary/aromatic N) is 7. The highest BCUT2D eigenvalue weighted by Gasteiger charge is 2.11. The number of aryl methyl sites for hydroxylation is 1. The van der Waals surface area contributed by atoms with Gasteiger partial charge in [0.25, 0.3) is 0 Å². The lowest BCUT2D eigenvalue weighted by molar-refractivity contribution is 0.295. The molecular weight excluding hydrogens is 294 g/mol. The summed E-state index contributed by atoms with van der Waals surface area (Å²) in [5, 5.41) is 20.7. The first kappa shape index (κ1) is 15.1. The first-order valence-corrected chi connectivity index (χ1v) is 7.59. The first-order chi connectivity index (χ1) is 11.3. The van der Waals surface area contributed by atoms with Gasteiger partial charge in [0.05, 0.1) is 0 Å². The standard InChI is InChI=1S/C15H19N7O/c1-3-9-21-12(2)16-18-15(21)10-22-19-14(17-20-22)11-23-13-7-5-4-6-8-13/h4-8H,3,9-11H2,1-2H3. The van der Waals surface area contributed by atoms with E-state index in [9.17, 15) is 0 Å². The highest BCUT2D eigenvalue weighted by atomic mass is 16.5. The van der Waals surface area contributed by atoms with Crippen LogP contribution in [0.1, 0.15) is 30.8 Å². The van der Waals surface area contributed by atoms with Crippen molar-refractivity contribution in [2.24, 2.45) is 0 Å². The lowest BCUT2D eigenvalue weighted by Crippen LogP contribution is -2.12. The number of tetrazole rings is 1. The number of aromatic nitrogens is 7. The van der Waals surface area contributed by atoms with Crippen molar-refractivity contribution in [3.63, 3.8) is 0 Å². The maximum Gasteiger partial charge on any atom is 0.212 e. The predicted octanol–water partition coefficient (Wildman–Crippen LogP) is 1.61. The summed E-state index contributed by atoms with van der Waals surface area (Å²) in [6, 6.07) is 9.56.